The molecule has 0 aliphatic heterocycles. The first-order valence-corrected chi connectivity index (χ1v) is 8.58. The van der Waals surface area contributed by atoms with Gasteiger partial charge in [0.25, 0.3) is 5.91 Å². The van der Waals surface area contributed by atoms with Crippen LogP contribution >= 0.6 is 15.9 Å². The molecule has 0 aliphatic carbocycles. The minimum atomic E-state index is -0.486. The third-order valence-electron chi connectivity index (χ3n) is 3.68. The number of carbonyl (C=O) groups excluding carboxylic acids is 1. The molecule has 0 saturated carbocycles. The van der Waals surface area contributed by atoms with Crippen LogP contribution in [0.25, 0.3) is 5.82 Å². The van der Waals surface area contributed by atoms with Crippen molar-refractivity contribution < 1.29 is 4.79 Å². The van der Waals surface area contributed by atoms with Crippen LogP contribution in [-0.4, -0.2) is 25.7 Å². The molecular weight excluding hydrogens is 410 g/mol. The van der Waals surface area contributed by atoms with E-state index in [0.717, 1.165) is 0 Å². The summed E-state index contributed by atoms with van der Waals surface area (Å²) in [6.07, 6.45) is 5.99. The number of carbonyl (C=O) groups is 1. The molecule has 9 heteroatoms. The Kier molecular flexibility index (Phi) is 5.25. The topological polar surface area (TPSA) is 120 Å². The number of nitrogens with zero attached hydrogens (tertiary/aromatic N) is 6. The minimum absolute atomic E-state index is 0.351. The molecule has 8 nitrogen and oxygen atoms in total. The average Bonchev–Trinajstić information content (AvgIpc) is 3.16. The summed E-state index contributed by atoms with van der Waals surface area (Å²) in [6, 6.07) is 8.31. The van der Waals surface area contributed by atoms with E-state index in [-0.39, 0.29) is 5.91 Å². The number of halogens is 1. The zero-order chi connectivity index (χ0) is 19.4. The first-order chi connectivity index (χ1) is 13.0. The molecule has 2 heterocycles. The van der Waals surface area contributed by atoms with Gasteiger partial charge in [-0.3, -0.25) is 9.78 Å². The maximum absolute atomic E-state index is 12.6. The minimum Gasteiger partial charge on any atom is -0.344 e. The highest BCUT2D eigenvalue weighted by Gasteiger charge is 2.19. The van der Waals surface area contributed by atoms with Gasteiger partial charge in [0.2, 0.25) is 0 Å². The van der Waals surface area contributed by atoms with Gasteiger partial charge >= 0.3 is 0 Å². The van der Waals surface area contributed by atoms with E-state index in [9.17, 15) is 4.79 Å². The van der Waals surface area contributed by atoms with Crippen molar-refractivity contribution in [1.29, 1.82) is 10.5 Å². The van der Waals surface area contributed by atoms with E-state index in [1.165, 1.54) is 35.5 Å². The Hall–Kier alpha value is -3.56. The van der Waals surface area contributed by atoms with Crippen LogP contribution in [0.2, 0.25) is 0 Å². The second-order valence-corrected chi connectivity index (χ2v) is 6.50. The van der Waals surface area contributed by atoms with Crippen molar-refractivity contribution in [2.75, 3.05) is 0 Å². The molecule has 0 aliphatic rings. The fourth-order valence-corrected chi connectivity index (χ4v) is 2.95. The Morgan fingerprint density at radius 3 is 2.63 bits per heavy atom. The second-order valence-electron chi connectivity index (χ2n) is 5.59. The lowest BCUT2D eigenvalue weighted by atomic mass is 10.1. The molecule has 3 aromatic rings. The summed E-state index contributed by atoms with van der Waals surface area (Å²) in [5.41, 5.74) is 1.61. The van der Waals surface area contributed by atoms with Gasteiger partial charge in [0, 0.05) is 22.4 Å². The van der Waals surface area contributed by atoms with Gasteiger partial charge in [-0.05, 0) is 25.1 Å². The third-order valence-corrected chi connectivity index (χ3v) is 4.14. The number of hydrogen-bond donors (Lipinski definition) is 1. The van der Waals surface area contributed by atoms with Gasteiger partial charge in [-0.25, -0.2) is 9.67 Å². The van der Waals surface area contributed by atoms with Crippen molar-refractivity contribution in [3.05, 3.63) is 69.8 Å². The normalized spacial score (nSPS) is 11.3. The summed E-state index contributed by atoms with van der Waals surface area (Å²) in [5.74, 6) is 0.0637. The van der Waals surface area contributed by atoms with Crippen LogP contribution in [0.3, 0.4) is 0 Å². The van der Waals surface area contributed by atoms with Crippen LogP contribution in [0.1, 0.15) is 40.1 Å². The fourth-order valence-electron chi connectivity index (χ4n) is 2.45. The molecule has 132 valence electrons. The van der Waals surface area contributed by atoms with Gasteiger partial charge in [0.15, 0.2) is 5.82 Å². The Morgan fingerprint density at radius 2 is 1.93 bits per heavy atom. The molecule has 1 N–H and O–H groups in total. The Labute approximate surface area is 163 Å². The van der Waals surface area contributed by atoms with E-state index in [0.29, 0.717) is 32.7 Å². The molecule has 1 atom stereocenters. The number of rotatable bonds is 4. The van der Waals surface area contributed by atoms with Gasteiger partial charge in [-0.1, -0.05) is 15.9 Å². The van der Waals surface area contributed by atoms with E-state index >= 15 is 0 Å². The van der Waals surface area contributed by atoms with Gasteiger partial charge < -0.3 is 5.32 Å². The van der Waals surface area contributed by atoms with Crippen molar-refractivity contribution in [2.45, 2.75) is 13.0 Å². The molecule has 0 saturated heterocycles. The van der Waals surface area contributed by atoms with Crippen molar-refractivity contribution in [3.8, 4) is 18.0 Å². The van der Waals surface area contributed by atoms with Gasteiger partial charge in [-0.15, -0.1) is 0 Å². The second kappa shape index (κ2) is 7.77. The molecule has 2 aromatic heterocycles. The number of hydrogen-bond acceptors (Lipinski definition) is 6. The molecular formula is C18H12BrN7O. The first kappa shape index (κ1) is 18.2. The summed E-state index contributed by atoms with van der Waals surface area (Å²) in [5, 5.41) is 25.0. The molecule has 27 heavy (non-hydrogen) atoms. The van der Waals surface area contributed by atoms with Crippen LogP contribution in [0.4, 0.5) is 0 Å². The quantitative estimate of drug-likeness (QED) is 0.690. The standard InChI is InChI=1S/C18H12BrN7O/c1-11(25-18(27)14-4-12(7-20)5-15(19)6-14)16-17(23-3-2-22-16)26-10-13(8-21)9-24-26/h2-6,9-11H,1H3,(H,25,27). The maximum atomic E-state index is 12.6. The largest absolute Gasteiger partial charge is 0.344 e. The summed E-state index contributed by atoms with van der Waals surface area (Å²) >= 11 is 3.29. The van der Waals surface area contributed by atoms with Crippen LogP contribution in [0, 0.1) is 22.7 Å². The number of nitrogens with one attached hydrogen (secondary N) is 1. The molecule has 0 radical (unpaired) electrons. The number of aromatic nitrogens is 4. The first-order valence-electron chi connectivity index (χ1n) is 7.79. The molecule has 1 unspecified atom stereocenters. The average molecular weight is 422 g/mol. The van der Waals surface area contributed by atoms with Gasteiger partial charge in [0.05, 0.1) is 35.6 Å². The van der Waals surface area contributed by atoms with E-state index < -0.39 is 6.04 Å². The SMILES string of the molecule is CC(NC(=O)c1cc(Br)cc(C#N)c1)c1nccnc1-n1cc(C#N)cn1. The third kappa shape index (κ3) is 4.00. The summed E-state index contributed by atoms with van der Waals surface area (Å²) < 4.78 is 2.08. The lowest BCUT2D eigenvalue weighted by molar-refractivity contribution is 0.0939. The highest BCUT2D eigenvalue weighted by atomic mass is 79.9. The predicted molar refractivity (Wildman–Crippen MR) is 98.6 cm³/mol. The molecule has 1 aromatic carbocycles. The molecule has 0 fully saturated rings. The maximum Gasteiger partial charge on any atom is 0.251 e. The molecule has 1 amide bonds. The predicted octanol–water partition coefficient (Wildman–Crippen LogP) is 2.66. The summed E-state index contributed by atoms with van der Waals surface area (Å²) in [7, 11) is 0. The van der Waals surface area contributed by atoms with E-state index in [2.05, 4.69) is 36.3 Å². The van der Waals surface area contributed by atoms with E-state index in [1.807, 2.05) is 12.1 Å². The highest BCUT2D eigenvalue weighted by molar-refractivity contribution is 9.10. The zero-order valence-electron chi connectivity index (χ0n) is 14.1. The lowest BCUT2D eigenvalue weighted by Gasteiger charge is -2.16. The van der Waals surface area contributed by atoms with Crippen molar-refractivity contribution in [1.82, 2.24) is 25.1 Å². The lowest BCUT2D eigenvalue weighted by Crippen LogP contribution is -2.28. The molecule has 0 spiro atoms. The fraction of sp³-hybridized carbons (Fsp3) is 0.111. The van der Waals surface area contributed by atoms with Crippen molar-refractivity contribution in [2.24, 2.45) is 0 Å². The number of amides is 1. The summed E-state index contributed by atoms with van der Waals surface area (Å²) in [4.78, 5) is 21.2. The van der Waals surface area contributed by atoms with Crippen LogP contribution in [0.15, 0.2) is 47.5 Å². The Balaban J connectivity index is 1.88. The van der Waals surface area contributed by atoms with Crippen molar-refractivity contribution in [3.63, 3.8) is 0 Å². The van der Waals surface area contributed by atoms with Crippen LogP contribution in [-0.2, 0) is 0 Å². The number of nitriles is 2. The molecule has 0 bridgehead atoms. The zero-order valence-corrected chi connectivity index (χ0v) is 15.7. The van der Waals surface area contributed by atoms with Crippen LogP contribution in [0.5, 0.6) is 0 Å². The monoisotopic (exact) mass is 421 g/mol. The Bertz CT molecular complexity index is 1090. The van der Waals surface area contributed by atoms with Gasteiger partial charge in [-0.2, -0.15) is 15.6 Å². The van der Waals surface area contributed by atoms with E-state index in [1.54, 1.807) is 19.1 Å². The molecule has 3 rings (SSSR count). The Morgan fingerprint density at radius 1 is 1.19 bits per heavy atom. The van der Waals surface area contributed by atoms with Crippen molar-refractivity contribution >= 4 is 21.8 Å². The summed E-state index contributed by atoms with van der Waals surface area (Å²) in [6.45, 7) is 1.77. The van der Waals surface area contributed by atoms with E-state index in [4.69, 9.17) is 10.5 Å². The number of benzene rings is 1. The highest BCUT2D eigenvalue weighted by Crippen LogP contribution is 2.19. The smallest absolute Gasteiger partial charge is 0.251 e. The van der Waals surface area contributed by atoms with Crippen LogP contribution < -0.4 is 5.32 Å². The van der Waals surface area contributed by atoms with Gasteiger partial charge in [0.1, 0.15) is 11.8 Å².